The number of carbonyl (C=O) groups excluding carboxylic acids is 1. The number of nitrogens with zero attached hydrogens (tertiary/aromatic N) is 3. The molecule has 0 amide bonds. The Morgan fingerprint density at radius 1 is 1.92 bits per heavy atom. The number of esters is 1. The summed E-state index contributed by atoms with van der Waals surface area (Å²) in [5.41, 5.74) is 0. The Balaban J connectivity index is 2.76. The molecule has 0 saturated carbocycles. The molecule has 0 bridgehead atoms. The normalized spacial score (nSPS) is 9.42. The van der Waals surface area contributed by atoms with Crippen LogP contribution in [0, 0.1) is 0 Å². The number of carbonyl (C=O) groups is 1. The molecule has 12 heavy (non-hydrogen) atoms. The van der Waals surface area contributed by atoms with Crippen molar-refractivity contribution in [1.82, 2.24) is 14.8 Å². The summed E-state index contributed by atoms with van der Waals surface area (Å²) in [5, 5.41) is 3.83. The first-order chi connectivity index (χ1) is 5.77. The van der Waals surface area contributed by atoms with Gasteiger partial charge in [0.2, 0.25) is 0 Å². The third kappa shape index (κ3) is 1.69. The first-order valence-electron chi connectivity index (χ1n) is 3.36. The lowest BCUT2D eigenvalue weighted by Crippen LogP contribution is -2.05. The maximum atomic E-state index is 10.8. The Morgan fingerprint density at radius 2 is 2.67 bits per heavy atom. The molecular formula is C7H9N3O2. The van der Waals surface area contributed by atoms with Crippen LogP contribution in [0.3, 0.4) is 0 Å². The van der Waals surface area contributed by atoms with E-state index in [9.17, 15) is 4.79 Å². The van der Waals surface area contributed by atoms with Crippen molar-refractivity contribution in [3.8, 4) is 0 Å². The second-order valence-corrected chi connectivity index (χ2v) is 2.07. The van der Waals surface area contributed by atoms with Crippen molar-refractivity contribution in [2.45, 2.75) is 6.54 Å². The van der Waals surface area contributed by atoms with Crippen molar-refractivity contribution >= 4 is 5.97 Å². The number of methoxy groups -OCH3 is 1. The van der Waals surface area contributed by atoms with Crippen molar-refractivity contribution in [2.24, 2.45) is 0 Å². The molecule has 1 aromatic heterocycles. The highest BCUT2D eigenvalue weighted by molar-refractivity contribution is 5.84. The van der Waals surface area contributed by atoms with E-state index < -0.39 is 5.97 Å². The summed E-state index contributed by atoms with van der Waals surface area (Å²) in [6.45, 7) is 4.06. The van der Waals surface area contributed by atoms with Gasteiger partial charge in [0.1, 0.15) is 6.33 Å². The number of ether oxygens (including phenoxy) is 1. The van der Waals surface area contributed by atoms with E-state index in [1.807, 2.05) is 0 Å². The largest absolute Gasteiger partial charge is 0.463 e. The topological polar surface area (TPSA) is 57.0 Å². The molecule has 0 N–H and O–H groups in total. The van der Waals surface area contributed by atoms with E-state index in [-0.39, 0.29) is 5.82 Å². The quantitative estimate of drug-likeness (QED) is 0.478. The van der Waals surface area contributed by atoms with E-state index >= 15 is 0 Å². The lowest BCUT2D eigenvalue weighted by Gasteiger charge is -1.91. The highest BCUT2D eigenvalue weighted by Crippen LogP contribution is 1.92. The Labute approximate surface area is 69.7 Å². The third-order valence-corrected chi connectivity index (χ3v) is 1.22. The van der Waals surface area contributed by atoms with E-state index in [4.69, 9.17) is 0 Å². The molecule has 1 rings (SSSR count). The molecule has 0 aliphatic rings. The zero-order chi connectivity index (χ0) is 8.97. The van der Waals surface area contributed by atoms with Crippen molar-refractivity contribution in [3.63, 3.8) is 0 Å². The molecule has 0 saturated heterocycles. The minimum Gasteiger partial charge on any atom is -0.463 e. The van der Waals surface area contributed by atoms with Crippen LogP contribution < -0.4 is 0 Å². The predicted octanol–water partition coefficient (Wildman–Crippen LogP) is 0.251. The number of rotatable bonds is 3. The molecule has 64 valence electrons. The molecule has 0 aliphatic heterocycles. The number of aromatic nitrogens is 3. The molecule has 5 heteroatoms. The zero-order valence-corrected chi connectivity index (χ0v) is 6.73. The molecule has 0 fully saturated rings. The van der Waals surface area contributed by atoms with Gasteiger partial charge in [-0.05, 0) is 0 Å². The summed E-state index contributed by atoms with van der Waals surface area (Å²) in [6, 6.07) is 0. The van der Waals surface area contributed by atoms with Crippen LogP contribution in [0.2, 0.25) is 0 Å². The van der Waals surface area contributed by atoms with E-state index in [1.165, 1.54) is 18.1 Å². The van der Waals surface area contributed by atoms with Crippen LogP contribution in [0.5, 0.6) is 0 Å². The maximum Gasteiger partial charge on any atom is 0.377 e. The molecular weight excluding hydrogens is 158 g/mol. The van der Waals surface area contributed by atoms with Crippen molar-refractivity contribution in [1.29, 1.82) is 0 Å². The van der Waals surface area contributed by atoms with Crippen LogP contribution in [0.1, 0.15) is 10.6 Å². The van der Waals surface area contributed by atoms with Crippen molar-refractivity contribution in [2.75, 3.05) is 7.11 Å². The van der Waals surface area contributed by atoms with Gasteiger partial charge in [0, 0.05) is 0 Å². The Hall–Kier alpha value is -1.65. The first kappa shape index (κ1) is 8.45. The molecule has 0 aromatic carbocycles. The first-order valence-corrected chi connectivity index (χ1v) is 3.36. The highest BCUT2D eigenvalue weighted by atomic mass is 16.5. The fourth-order valence-electron chi connectivity index (χ4n) is 0.700. The monoisotopic (exact) mass is 167 g/mol. The standard InChI is InChI=1S/C7H9N3O2/c1-3-4-10-5-8-6(9-10)7(11)12-2/h3,5H,1,4H2,2H3. The van der Waals surface area contributed by atoms with Crippen LogP contribution in [0.4, 0.5) is 0 Å². The van der Waals surface area contributed by atoms with Gasteiger partial charge in [-0.25, -0.2) is 14.5 Å². The molecule has 0 radical (unpaired) electrons. The SMILES string of the molecule is C=CCn1cnc(C(=O)OC)n1. The third-order valence-electron chi connectivity index (χ3n) is 1.22. The number of hydrogen-bond donors (Lipinski definition) is 0. The number of allylic oxidation sites excluding steroid dienone is 1. The van der Waals surface area contributed by atoms with E-state index in [0.29, 0.717) is 6.54 Å². The van der Waals surface area contributed by atoms with Gasteiger partial charge >= 0.3 is 5.97 Å². The fourth-order valence-corrected chi connectivity index (χ4v) is 0.700. The summed E-state index contributed by atoms with van der Waals surface area (Å²) < 4.78 is 5.92. The van der Waals surface area contributed by atoms with E-state index in [1.54, 1.807) is 6.08 Å². The smallest absolute Gasteiger partial charge is 0.377 e. The van der Waals surface area contributed by atoms with Crippen LogP contribution in [-0.4, -0.2) is 27.8 Å². The Kier molecular flexibility index (Phi) is 2.57. The summed E-state index contributed by atoms with van der Waals surface area (Å²) in [6.07, 6.45) is 3.11. The van der Waals surface area contributed by atoms with Crippen LogP contribution in [0.25, 0.3) is 0 Å². The van der Waals surface area contributed by atoms with E-state index in [0.717, 1.165) is 0 Å². The van der Waals surface area contributed by atoms with Crippen molar-refractivity contribution < 1.29 is 9.53 Å². The molecule has 1 aromatic rings. The average Bonchev–Trinajstić information content (AvgIpc) is 2.52. The summed E-state index contributed by atoms with van der Waals surface area (Å²) in [7, 11) is 1.29. The summed E-state index contributed by atoms with van der Waals surface area (Å²) >= 11 is 0. The van der Waals surface area contributed by atoms with Gasteiger partial charge in [0.25, 0.3) is 5.82 Å². The summed E-state index contributed by atoms with van der Waals surface area (Å²) in [5.74, 6) is -0.461. The van der Waals surface area contributed by atoms with Gasteiger partial charge in [-0.2, -0.15) is 0 Å². The molecule has 0 aliphatic carbocycles. The van der Waals surface area contributed by atoms with Crippen molar-refractivity contribution in [3.05, 3.63) is 24.8 Å². The van der Waals surface area contributed by atoms with Gasteiger partial charge in [-0.3, -0.25) is 0 Å². The second-order valence-electron chi connectivity index (χ2n) is 2.07. The van der Waals surface area contributed by atoms with Crippen LogP contribution in [0.15, 0.2) is 19.0 Å². The van der Waals surface area contributed by atoms with Crippen LogP contribution in [-0.2, 0) is 11.3 Å². The minimum absolute atomic E-state index is 0.0688. The van der Waals surface area contributed by atoms with Gasteiger partial charge in [-0.1, -0.05) is 6.08 Å². The van der Waals surface area contributed by atoms with Gasteiger partial charge in [-0.15, -0.1) is 11.7 Å². The lowest BCUT2D eigenvalue weighted by atomic mass is 10.6. The Bertz CT molecular complexity index is 293. The van der Waals surface area contributed by atoms with E-state index in [2.05, 4.69) is 21.4 Å². The fraction of sp³-hybridized carbons (Fsp3) is 0.286. The average molecular weight is 167 g/mol. The second kappa shape index (κ2) is 3.66. The predicted molar refractivity (Wildman–Crippen MR) is 41.6 cm³/mol. The molecule has 1 heterocycles. The minimum atomic E-state index is -0.530. The van der Waals surface area contributed by atoms with Crippen LogP contribution >= 0.6 is 0 Å². The zero-order valence-electron chi connectivity index (χ0n) is 6.73. The summed E-state index contributed by atoms with van der Waals surface area (Å²) in [4.78, 5) is 14.6. The molecule has 0 unspecified atom stereocenters. The molecule has 0 atom stereocenters. The molecule has 5 nitrogen and oxygen atoms in total. The Morgan fingerprint density at radius 3 is 3.25 bits per heavy atom. The van der Waals surface area contributed by atoms with Gasteiger partial charge in [0.05, 0.1) is 13.7 Å². The molecule has 0 spiro atoms. The van der Waals surface area contributed by atoms with Gasteiger partial charge in [0.15, 0.2) is 0 Å². The maximum absolute atomic E-state index is 10.8. The highest BCUT2D eigenvalue weighted by Gasteiger charge is 2.09. The van der Waals surface area contributed by atoms with Gasteiger partial charge < -0.3 is 4.74 Å². The number of hydrogen-bond acceptors (Lipinski definition) is 4. The lowest BCUT2D eigenvalue weighted by molar-refractivity contribution is 0.0586.